The van der Waals surface area contributed by atoms with Crippen molar-refractivity contribution < 1.29 is 9.53 Å². The van der Waals surface area contributed by atoms with Crippen molar-refractivity contribution >= 4 is 11.5 Å². The summed E-state index contributed by atoms with van der Waals surface area (Å²) in [5.41, 5.74) is 6.35. The van der Waals surface area contributed by atoms with E-state index in [0.717, 1.165) is 18.4 Å². The molecule has 0 bridgehead atoms. The molecule has 0 unspecified atom stereocenters. The van der Waals surface area contributed by atoms with Gasteiger partial charge in [-0.25, -0.2) is 4.79 Å². The monoisotopic (exact) mass is 372 g/mol. The molecule has 2 rings (SSSR count). The first-order chi connectivity index (χ1) is 13.5. The second-order valence-electron chi connectivity index (χ2n) is 6.65. The van der Waals surface area contributed by atoms with Gasteiger partial charge in [0, 0.05) is 5.57 Å². The molecule has 0 amide bonds. The third-order valence-electron chi connectivity index (χ3n) is 4.34. The van der Waals surface area contributed by atoms with E-state index in [4.69, 9.17) is 4.74 Å². The minimum Gasteiger partial charge on any atom is -0.462 e. The Morgan fingerprint density at radius 2 is 1.64 bits per heavy atom. The van der Waals surface area contributed by atoms with Crippen LogP contribution >= 0.6 is 0 Å². The van der Waals surface area contributed by atoms with Gasteiger partial charge in [0.05, 0.1) is 6.61 Å². The van der Waals surface area contributed by atoms with Crippen molar-refractivity contribution in [1.82, 2.24) is 0 Å². The van der Waals surface area contributed by atoms with Crippen LogP contribution in [-0.2, 0) is 16.0 Å². The lowest BCUT2D eigenvalue weighted by Gasteiger charge is -2.08. The summed E-state index contributed by atoms with van der Waals surface area (Å²) >= 11 is 0. The van der Waals surface area contributed by atoms with Crippen molar-refractivity contribution in [2.45, 2.75) is 26.7 Å². The van der Waals surface area contributed by atoms with E-state index in [9.17, 15) is 4.79 Å². The Morgan fingerprint density at radius 3 is 2.18 bits per heavy atom. The van der Waals surface area contributed by atoms with Crippen LogP contribution in [0, 0.1) is 0 Å². The van der Waals surface area contributed by atoms with Crippen LogP contribution in [0.5, 0.6) is 0 Å². The fourth-order valence-electron chi connectivity index (χ4n) is 2.84. The summed E-state index contributed by atoms with van der Waals surface area (Å²) in [4.78, 5) is 11.4. The number of carbonyl (C=O) groups excluding carboxylic acids is 1. The third kappa shape index (κ3) is 6.24. The van der Waals surface area contributed by atoms with E-state index < -0.39 is 0 Å². The Labute approximate surface area is 168 Å². The number of hydrogen-bond donors (Lipinski definition) is 0. The first-order valence-corrected chi connectivity index (χ1v) is 9.53. The van der Waals surface area contributed by atoms with E-state index in [2.05, 4.69) is 67.8 Å². The van der Waals surface area contributed by atoms with Gasteiger partial charge < -0.3 is 4.74 Å². The SMILES string of the molecule is C=C/C=C(\C=C/C)c1ccc(-c2ccc(CCCOC(=O)C(=C)C)cc2)cc1. The molecule has 0 aliphatic rings. The summed E-state index contributed by atoms with van der Waals surface area (Å²) in [6.45, 7) is 11.5. The Balaban J connectivity index is 1.97. The highest BCUT2D eigenvalue weighted by atomic mass is 16.5. The number of ether oxygens (including phenoxy) is 1. The lowest BCUT2D eigenvalue weighted by molar-refractivity contribution is -0.139. The van der Waals surface area contributed by atoms with Crippen molar-refractivity contribution in [2.24, 2.45) is 0 Å². The molecule has 0 aliphatic carbocycles. The van der Waals surface area contributed by atoms with Gasteiger partial charge >= 0.3 is 5.97 Å². The molecule has 0 saturated heterocycles. The second-order valence-corrected chi connectivity index (χ2v) is 6.65. The van der Waals surface area contributed by atoms with E-state index in [1.807, 2.05) is 25.2 Å². The molecule has 0 radical (unpaired) electrons. The van der Waals surface area contributed by atoms with Gasteiger partial charge in [0.25, 0.3) is 0 Å². The van der Waals surface area contributed by atoms with Crippen molar-refractivity contribution in [2.75, 3.05) is 6.61 Å². The highest BCUT2D eigenvalue weighted by molar-refractivity contribution is 5.86. The first-order valence-electron chi connectivity index (χ1n) is 9.53. The maximum absolute atomic E-state index is 11.4. The molecule has 0 saturated carbocycles. The van der Waals surface area contributed by atoms with E-state index in [-0.39, 0.29) is 5.97 Å². The van der Waals surface area contributed by atoms with Crippen molar-refractivity contribution in [3.05, 3.63) is 103 Å². The lowest BCUT2D eigenvalue weighted by Crippen LogP contribution is -2.06. The minimum atomic E-state index is -0.320. The molecule has 0 N–H and O–H groups in total. The Kier molecular flexibility index (Phi) is 8.23. The maximum Gasteiger partial charge on any atom is 0.333 e. The highest BCUT2D eigenvalue weighted by Gasteiger charge is 2.04. The van der Waals surface area contributed by atoms with Crippen LogP contribution in [0.25, 0.3) is 16.7 Å². The lowest BCUT2D eigenvalue weighted by atomic mass is 9.98. The van der Waals surface area contributed by atoms with Gasteiger partial charge in [0.15, 0.2) is 0 Å². The van der Waals surface area contributed by atoms with Crippen LogP contribution in [-0.4, -0.2) is 12.6 Å². The van der Waals surface area contributed by atoms with Gasteiger partial charge in [0.2, 0.25) is 0 Å². The standard InChI is InChI=1S/C26H28O2/c1-5-8-22(9-6-2)24-15-17-25(18-16-24)23-13-11-21(12-14-23)10-7-19-28-26(27)20(3)4/h5-6,8-9,11-18H,1,3,7,10,19H2,2,4H3/b9-6-,22-8+. The molecular weight excluding hydrogens is 344 g/mol. The zero-order chi connectivity index (χ0) is 20.4. The maximum atomic E-state index is 11.4. The summed E-state index contributed by atoms with van der Waals surface area (Å²) in [5, 5.41) is 0. The Morgan fingerprint density at radius 1 is 1.04 bits per heavy atom. The second kappa shape index (κ2) is 10.9. The molecular formula is C26H28O2. The summed E-state index contributed by atoms with van der Waals surface area (Å²) in [7, 11) is 0. The normalized spacial score (nSPS) is 11.4. The molecule has 2 heteroatoms. The quantitative estimate of drug-likeness (QED) is 0.216. The van der Waals surface area contributed by atoms with E-state index in [1.54, 1.807) is 6.92 Å². The van der Waals surface area contributed by atoms with Gasteiger partial charge in [0.1, 0.15) is 0 Å². The van der Waals surface area contributed by atoms with Gasteiger partial charge in [-0.1, -0.05) is 86.0 Å². The van der Waals surface area contributed by atoms with Crippen LogP contribution in [0.2, 0.25) is 0 Å². The Bertz CT molecular complexity index is 866. The Hall–Kier alpha value is -3.13. The number of rotatable bonds is 9. The average Bonchev–Trinajstić information content (AvgIpc) is 2.71. The van der Waals surface area contributed by atoms with E-state index >= 15 is 0 Å². The number of esters is 1. The summed E-state index contributed by atoms with van der Waals surface area (Å²) in [6, 6.07) is 17.1. The molecule has 2 aromatic carbocycles. The topological polar surface area (TPSA) is 26.3 Å². The molecule has 0 spiro atoms. The van der Waals surface area contributed by atoms with Crippen LogP contribution < -0.4 is 0 Å². The highest BCUT2D eigenvalue weighted by Crippen LogP contribution is 2.24. The predicted molar refractivity (Wildman–Crippen MR) is 119 cm³/mol. The smallest absolute Gasteiger partial charge is 0.333 e. The van der Waals surface area contributed by atoms with Gasteiger partial charge in [-0.3, -0.25) is 0 Å². The predicted octanol–water partition coefficient (Wildman–Crippen LogP) is 6.55. The summed E-state index contributed by atoms with van der Waals surface area (Å²) in [6.07, 6.45) is 9.61. The van der Waals surface area contributed by atoms with Crippen molar-refractivity contribution in [3.63, 3.8) is 0 Å². The van der Waals surface area contributed by atoms with Crippen LogP contribution in [0.1, 0.15) is 31.4 Å². The molecule has 28 heavy (non-hydrogen) atoms. The molecule has 0 fully saturated rings. The number of aryl methyl sites for hydroxylation is 1. The summed E-state index contributed by atoms with van der Waals surface area (Å²) < 4.78 is 5.13. The first kappa shape index (κ1) is 21.2. The zero-order valence-corrected chi connectivity index (χ0v) is 16.8. The minimum absolute atomic E-state index is 0.320. The van der Waals surface area contributed by atoms with Crippen LogP contribution in [0.3, 0.4) is 0 Å². The van der Waals surface area contributed by atoms with Gasteiger partial charge in [-0.15, -0.1) is 0 Å². The van der Waals surface area contributed by atoms with Crippen LogP contribution in [0.15, 0.2) is 91.6 Å². The zero-order valence-electron chi connectivity index (χ0n) is 16.8. The van der Waals surface area contributed by atoms with Crippen molar-refractivity contribution in [3.8, 4) is 11.1 Å². The largest absolute Gasteiger partial charge is 0.462 e. The molecule has 144 valence electrons. The molecule has 0 heterocycles. The molecule has 2 aromatic rings. The van der Waals surface area contributed by atoms with Crippen molar-refractivity contribution in [1.29, 1.82) is 0 Å². The van der Waals surface area contributed by atoms with E-state index in [1.165, 1.54) is 22.3 Å². The summed E-state index contributed by atoms with van der Waals surface area (Å²) in [5.74, 6) is -0.320. The van der Waals surface area contributed by atoms with E-state index in [0.29, 0.717) is 12.2 Å². The van der Waals surface area contributed by atoms with Gasteiger partial charge in [-0.2, -0.15) is 0 Å². The number of benzene rings is 2. The number of allylic oxidation sites excluding steroid dienone is 5. The molecule has 2 nitrogen and oxygen atoms in total. The number of hydrogen-bond acceptors (Lipinski definition) is 2. The average molecular weight is 373 g/mol. The molecule has 0 aromatic heterocycles. The molecule has 0 aliphatic heterocycles. The van der Waals surface area contributed by atoms with Gasteiger partial charge in [-0.05, 0) is 54.5 Å². The third-order valence-corrected chi connectivity index (χ3v) is 4.34. The fourth-order valence-corrected chi connectivity index (χ4v) is 2.84. The van der Waals surface area contributed by atoms with Crippen LogP contribution in [0.4, 0.5) is 0 Å². The number of carbonyl (C=O) groups is 1. The fraction of sp³-hybridized carbons (Fsp3) is 0.192. The molecule has 0 atom stereocenters.